The maximum absolute atomic E-state index is 12.2. The molecule has 0 unspecified atom stereocenters. The fourth-order valence-electron chi connectivity index (χ4n) is 4.17. The largest absolute Gasteiger partial charge is 0.389 e. The minimum absolute atomic E-state index is 0.0493. The van der Waals surface area contributed by atoms with Gasteiger partial charge in [-0.05, 0) is 55.1 Å². The number of benzene rings is 1. The molecule has 0 aliphatic heterocycles. The normalized spacial score (nSPS) is 21.0. The summed E-state index contributed by atoms with van der Waals surface area (Å²) in [7, 11) is 0. The summed E-state index contributed by atoms with van der Waals surface area (Å²) in [4.78, 5) is 0. The van der Waals surface area contributed by atoms with Crippen LogP contribution in [-0.2, 0) is 0 Å². The first-order valence-electron chi connectivity index (χ1n) is 10.8. The van der Waals surface area contributed by atoms with E-state index in [2.05, 4.69) is 19.1 Å². The van der Waals surface area contributed by atoms with Gasteiger partial charge in [-0.15, -0.1) is 0 Å². The Morgan fingerprint density at radius 3 is 2.22 bits per heavy atom. The lowest BCUT2D eigenvalue weighted by Crippen LogP contribution is -2.13. The van der Waals surface area contributed by atoms with Gasteiger partial charge in [-0.1, -0.05) is 81.9 Å². The van der Waals surface area contributed by atoms with Gasteiger partial charge >= 0.3 is 6.18 Å². The number of unbranched alkanes of at least 4 members (excludes halogenated alkanes) is 4. The van der Waals surface area contributed by atoms with Crippen molar-refractivity contribution in [3.05, 3.63) is 41.5 Å². The summed E-state index contributed by atoms with van der Waals surface area (Å²) in [6.45, 7) is 2.26. The summed E-state index contributed by atoms with van der Waals surface area (Å²) in [5, 5.41) is 0. The molecule has 1 fully saturated rings. The van der Waals surface area contributed by atoms with Gasteiger partial charge in [-0.25, -0.2) is 0 Å². The van der Waals surface area contributed by atoms with Crippen LogP contribution < -0.4 is 0 Å². The number of halogens is 3. The third-order valence-corrected chi connectivity index (χ3v) is 5.88. The molecular formula is C24H35F3. The first-order valence-corrected chi connectivity index (χ1v) is 10.8. The monoisotopic (exact) mass is 380 g/mol. The Kier molecular flexibility index (Phi) is 9.44. The molecule has 0 nitrogen and oxygen atoms in total. The molecule has 0 bridgehead atoms. The zero-order valence-electron chi connectivity index (χ0n) is 16.7. The third-order valence-electron chi connectivity index (χ3n) is 5.88. The Morgan fingerprint density at radius 2 is 1.59 bits per heavy atom. The Morgan fingerprint density at radius 1 is 0.926 bits per heavy atom. The Balaban J connectivity index is 1.69. The van der Waals surface area contributed by atoms with E-state index in [0.717, 1.165) is 11.5 Å². The van der Waals surface area contributed by atoms with E-state index in [1.54, 1.807) is 12.2 Å². The van der Waals surface area contributed by atoms with Crippen molar-refractivity contribution in [3.8, 4) is 0 Å². The van der Waals surface area contributed by atoms with E-state index in [1.165, 1.54) is 69.8 Å². The van der Waals surface area contributed by atoms with Crippen molar-refractivity contribution in [3.63, 3.8) is 0 Å². The highest BCUT2D eigenvalue weighted by molar-refractivity contribution is 5.49. The summed E-state index contributed by atoms with van der Waals surface area (Å²) >= 11 is 0. The molecule has 0 spiro atoms. The molecule has 3 heteroatoms. The maximum atomic E-state index is 12.2. The predicted octanol–water partition coefficient (Wildman–Crippen LogP) is 8.68. The second kappa shape index (κ2) is 11.6. The highest BCUT2D eigenvalue weighted by Gasteiger charge is 2.25. The zero-order chi connectivity index (χ0) is 19.5. The van der Waals surface area contributed by atoms with Crippen LogP contribution in [0.1, 0.15) is 101 Å². The van der Waals surface area contributed by atoms with Crippen molar-refractivity contribution in [1.29, 1.82) is 0 Å². The first kappa shape index (κ1) is 22.0. The molecule has 0 N–H and O–H groups in total. The van der Waals surface area contributed by atoms with Crippen LogP contribution in [0.5, 0.6) is 0 Å². The summed E-state index contributed by atoms with van der Waals surface area (Å²) in [5.74, 6) is 1.57. The molecule has 0 amide bonds. The molecule has 0 radical (unpaired) electrons. The van der Waals surface area contributed by atoms with Gasteiger partial charge in [0.05, 0.1) is 0 Å². The van der Waals surface area contributed by atoms with Crippen LogP contribution in [0.3, 0.4) is 0 Å². The average molecular weight is 381 g/mol. The molecule has 1 aliphatic rings. The van der Waals surface area contributed by atoms with Crippen LogP contribution in [0.15, 0.2) is 30.3 Å². The second-order valence-corrected chi connectivity index (χ2v) is 8.14. The Hall–Kier alpha value is -1.25. The number of alkyl halides is 3. The Bertz CT molecular complexity index is 534. The minimum Gasteiger partial charge on any atom is -0.171 e. The minimum atomic E-state index is -4.07. The maximum Gasteiger partial charge on any atom is 0.389 e. The molecule has 2 rings (SSSR count). The van der Waals surface area contributed by atoms with Crippen molar-refractivity contribution in [2.24, 2.45) is 5.92 Å². The van der Waals surface area contributed by atoms with Gasteiger partial charge in [0, 0.05) is 6.42 Å². The van der Waals surface area contributed by atoms with Crippen molar-refractivity contribution in [2.75, 3.05) is 0 Å². The zero-order valence-corrected chi connectivity index (χ0v) is 16.7. The van der Waals surface area contributed by atoms with E-state index >= 15 is 0 Å². The fourth-order valence-corrected chi connectivity index (χ4v) is 4.17. The molecule has 1 aromatic rings. The van der Waals surface area contributed by atoms with Gasteiger partial charge < -0.3 is 0 Å². The van der Waals surface area contributed by atoms with Crippen molar-refractivity contribution < 1.29 is 13.2 Å². The molecular weight excluding hydrogens is 345 g/mol. The third kappa shape index (κ3) is 8.99. The van der Waals surface area contributed by atoms with Gasteiger partial charge in [0.2, 0.25) is 0 Å². The predicted molar refractivity (Wildman–Crippen MR) is 109 cm³/mol. The number of hydrogen-bond acceptors (Lipinski definition) is 0. The SMILES string of the molecule is CCCCCCCC1CCC(c2ccc(/C=C/CCC(F)(F)F)cc2)CC1. The molecule has 1 aliphatic carbocycles. The molecule has 0 saturated heterocycles. The van der Waals surface area contributed by atoms with E-state index in [0.29, 0.717) is 5.92 Å². The van der Waals surface area contributed by atoms with Crippen LogP contribution in [0, 0.1) is 5.92 Å². The van der Waals surface area contributed by atoms with E-state index in [1.807, 2.05) is 12.1 Å². The lowest BCUT2D eigenvalue weighted by atomic mass is 9.77. The molecule has 27 heavy (non-hydrogen) atoms. The molecule has 0 heterocycles. The lowest BCUT2D eigenvalue weighted by molar-refractivity contribution is -0.133. The van der Waals surface area contributed by atoms with Crippen LogP contribution in [0.4, 0.5) is 13.2 Å². The summed E-state index contributed by atoms with van der Waals surface area (Å²) in [6, 6.07) is 8.41. The number of hydrogen-bond donors (Lipinski definition) is 0. The molecule has 0 atom stereocenters. The van der Waals surface area contributed by atoms with Crippen LogP contribution in [-0.4, -0.2) is 6.18 Å². The van der Waals surface area contributed by atoms with Crippen LogP contribution in [0.25, 0.3) is 6.08 Å². The van der Waals surface area contributed by atoms with Crippen LogP contribution >= 0.6 is 0 Å². The number of allylic oxidation sites excluding steroid dienone is 1. The molecule has 1 aromatic carbocycles. The smallest absolute Gasteiger partial charge is 0.171 e. The topological polar surface area (TPSA) is 0 Å². The first-order chi connectivity index (χ1) is 13.0. The van der Waals surface area contributed by atoms with Gasteiger partial charge in [0.15, 0.2) is 0 Å². The van der Waals surface area contributed by atoms with Crippen LogP contribution in [0.2, 0.25) is 0 Å². The van der Waals surface area contributed by atoms with E-state index < -0.39 is 12.6 Å². The summed E-state index contributed by atoms with van der Waals surface area (Å²) in [6.07, 6.45) is 12.2. The summed E-state index contributed by atoms with van der Waals surface area (Å²) < 4.78 is 36.5. The quantitative estimate of drug-likeness (QED) is 0.356. The summed E-state index contributed by atoms with van der Waals surface area (Å²) in [5.41, 5.74) is 2.38. The van der Waals surface area contributed by atoms with E-state index in [9.17, 15) is 13.2 Å². The van der Waals surface area contributed by atoms with Gasteiger partial charge in [-0.2, -0.15) is 13.2 Å². The highest BCUT2D eigenvalue weighted by Crippen LogP contribution is 2.37. The average Bonchev–Trinajstić information content (AvgIpc) is 2.65. The number of rotatable bonds is 10. The van der Waals surface area contributed by atoms with Gasteiger partial charge in [0.25, 0.3) is 0 Å². The van der Waals surface area contributed by atoms with Crippen molar-refractivity contribution in [1.82, 2.24) is 0 Å². The Labute approximate surface area is 163 Å². The molecule has 1 saturated carbocycles. The van der Waals surface area contributed by atoms with Gasteiger partial charge in [0.1, 0.15) is 0 Å². The highest BCUT2D eigenvalue weighted by atomic mass is 19.4. The van der Waals surface area contributed by atoms with Crippen molar-refractivity contribution in [2.45, 2.75) is 96.1 Å². The fraction of sp³-hybridized carbons (Fsp3) is 0.667. The second-order valence-electron chi connectivity index (χ2n) is 8.14. The van der Waals surface area contributed by atoms with E-state index in [-0.39, 0.29) is 6.42 Å². The lowest BCUT2D eigenvalue weighted by Gasteiger charge is -2.29. The molecule has 152 valence electrons. The van der Waals surface area contributed by atoms with Crippen molar-refractivity contribution >= 4 is 6.08 Å². The van der Waals surface area contributed by atoms with E-state index in [4.69, 9.17) is 0 Å². The standard InChI is InChI=1S/C24H35F3/c1-2-3-4-5-6-9-20-11-15-22(16-12-20)23-17-13-21(14-18-23)10-7-8-19-24(25,26)27/h7,10,13-14,17-18,20,22H,2-6,8-9,11-12,15-16,19H2,1H3/b10-7+. The van der Waals surface area contributed by atoms with Gasteiger partial charge in [-0.3, -0.25) is 0 Å². The molecule has 0 aromatic heterocycles.